The maximum atomic E-state index is 3.79. The molecular weight excluding hydrogens is 220 g/mol. The van der Waals surface area contributed by atoms with Crippen molar-refractivity contribution in [2.75, 3.05) is 13.1 Å². The Morgan fingerprint density at radius 3 is 2.33 bits per heavy atom. The lowest BCUT2D eigenvalue weighted by molar-refractivity contribution is -0.0257. The van der Waals surface area contributed by atoms with E-state index in [9.17, 15) is 0 Å². The molecule has 0 radical (unpaired) electrons. The summed E-state index contributed by atoms with van der Waals surface area (Å²) >= 11 is 0. The normalized spacial score (nSPS) is 37.7. The van der Waals surface area contributed by atoms with E-state index >= 15 is 0 Å². The van der Waals surface area contributed by atoms with Gasteiger partial charge in [-0.25, -0.2) is 0 Å². The zero-order valence-electron chi connectivity index (χ0n) is 12.9. The molecule has 1 saturated heterocycles. The predicted molar refractivity (Wildman–Crippen MR) is 79.0 cm³/mol. The van der Waals surface area contributed by atoms with Crippen molar-refractivity contribution in [3.63, 3.8) is 0 Å². The van der Waals surface area contributed by atoms with E-state index in [2.05, 4.69) is 37.9 Å². The van der Waals surface area contributed by atoms with Crippen LogP contribution in [0.3, 0.4) is 0 Å². The summed E-state index contributed by atoms with van der Waals surface area (Å²) in [6.45, 7) is 12.0. The maximum absolute atomic E-state index is 3.79. The third kappa shape index (κ3) is 2.75. The molecule has 0 aromatic heterocycles. The van der Waals surface area contributed by atoms with E-state index in [-0.39, 0.29) is 0 Å². The molecule has 2 nitrogen and oxygen atoms in total. The highest BCUT2D eigenvalue weighted by atomic mass is 15.3. The van der Waals surface area contributed by atoms with Crippen LogP contribution in [0.15, 0.2) is 0 Å². The summed E-state index contributed by atoms with van der Waals surface area (Å²) in [5, 5.41) is 3.79. The third-order valence-corrected chi connectivity index (χ3v) is 5.60. The van der Waals surface area contributed by atoms with Gasteiger partial charge in [0.25, 0.3) is 0 Å². The standard InChI is InChI=1S/C16H32N2/c1-5-14-12-17-15(3,6-2)13-18(14)16(4)10-8-7-9-11-16/h14,17H,5-13H2,1-4H3. The van der Waals surface area contributed by atoms with Gasteiger partial charge in [0.15, 0.2) is 0 Å². The zero-order valence-corrected chi connectivity index (χ0v) is 12.9. The van der Waals surface area contributed by atoms with Crippen LogP contribution in [0.4, 0.5) is 0 Å². The van der Waals surface area contributed by atoms with Crippen molar-refractivity contribution in [3.8, 4) is 0 Å². The quantitative estimate of drug-likeness (QED) is 0.826. The predicted octanol–water partition coefficient (Wildman–Crippen LogP) is 3.56. The largest absolute Gasteiger partial charge is 0.309 e. The van der Waals surface area contributed by atoms with Gasteiger partial charge >= 0.3 is 0 Å². The van der Waals surface area contributed by atoms with Gasteiger partial charge in [-0.1, -0.05) is 33.1 Å². The first-order valence-corrected chi connectivity index (χ1v) is 8.05. The van der Waals surface area contributed by atoms with Gasteiger partial charge in [0.2, 0.25) is 0 Å². The Bertz CT molecular complexity index is 270. The molecule has 1 aliphatic heterocycles. The molecule has 1 heterocycles. The smallest absolute Gasteiger partial charge is 0.0278 e. The number of rotatable bonds is 3. The van der Waals surface area contributed by atoms with Gasteiger partial charge in [-0.2, -0.15) is 0 Å². The fourth-order valence-electron chi connectivity index (χ4n) is 3.87. The second kappa shape index (κ2) is 5.50. The van der Waals surface area contributed by atoms with Crippen molar-refractivity contribution < 1.29 is 0 Å². The highest BCUT2D eigenvalue weighted by molar-refractivity contribution is 5.01. The maximum Gasteiger partial charge on any atom is 0.0278 e. The van der Waals surface area contributed by atoms with Gasteiger partial charge in [-0.15, -0.1) is 0 Å². The monoisotopic (exact) mass is 252 g/mol. The molecule has 2 fully saturated rings. The number of hydrogen-bond donors (Lipinski definition) is 1. The van der Waals surface area contributed by atoms with E-state index in [0.717, 1.165) is 6.04 Å². The van der Waals surface area contributed by atoms with Gasteiger partial charge in [0, 0.05) is 30.2 Å². The van der Waals surface area contributed by atoms with Crippen LogP contribution < -0.4 is 5.32 Å². The van der Waals surface area contributed by atoms with Crippen LogP contribution in [-0.2, 0) is 0 Å². The van der Waals surface area contributed by atoms with Crippen LogP contribution in [-0.4, -0.2) is 35.1 Å². The molecule has 18 heavy (non-hydrogen) atoms. The highest BCUT2D eigenvalue weighted by Crippen LogP contribution is 2.37. The molecule has 2 rings (SSSR count). The van der Waals surface area contributed by atoms with Crippen molar-refractivity contribution in [3.05, 3.63) is 0 Å². The molecule has 1 N–H and O–H groups in total. The second-order valence-corrected chi connectivity index (χ2v) is 7.04. The topological polar surface area (TPSA) is 15.3 Å². The third-order valence-electron chi connectivity index (χ3n) is 5.60. The summed E-state index contributed by atoms with van der Waals surface area (Å²) in [7, 11) is 0. The first-order chi connectivity index (χ1) is 8.53. The fraction of sp³-hybridized carbons (Fsp3) is 1.00. The Morgan fingerprint density at radius 1 is 1.11 bits per heavy atom. The Kier molecular flexibility index (Phi) is 4.38. The minimum Gasteiger partial charge on any atom is -0.309 e. The van der Waals surface area contributed by atoms with Crippen molar-refractivity contribution in [2.24, 2.45) is 0 Å². The van der Waals surface area contributed by atoms with Crippen molar-refractivity contribution in [2.45, 2.75) is 89.8 Å². The molecule has 2 heteroatoms. The molecule has 1 aliphatic carbocycles. The van der Waals surface area contributed by atoms with E-state index in [1.165, 1.54) is 58.0 Å². The van der Waals surface area contributed by atoms with Crippen LogP contribution in [0.5, 0.6) is 0 Å². The summed E-state index contributed by atoms with van der Waals surface area (Å²) in [5.74, 6) is 0. The Labute approximate surface area is 114 Å². The highest BCUT2D eigenvalue weighted by Gasteiger charge is 2.43. The van der Waals surface area contributed by atoms with E-state index in [1.807, 2.05) is 0 Å². The molecule has 0 spiro atoms. The van der Waals surface area contributed by atoms with Gasteiger partial charge in [0.1, 0.15) is 0 Å². The Hall–Kier alpha value is -0.0800. The average molecular weight is 252 g/mol. The van der Waals surface area contributed by atoms with Crippen molar-refractivity contribution >= 4 is 0 Å². The molecule has 1 saturated carbocycles. The number of piperazine rings is 1. The molecule has 2 atom stereocenters. The SMILES string of the molecule is CCC1CNC(C)(CC)CN1C1(C)CCCCC1. The van der Waals surface area contributed by atoms with Crippen molar-refractivity contribution in [1.82, 2.24) is 10.2 Å². The number of hydrogen-bond acceptors (Lipinski definition) is 2. The van der Waals surface area contributed by atoms with Crippen molar-refractivity contribution in [1.29, 1.82) is 0 Å². The van der Waals surface area contributed by atoms with Crippen LogP contribution in [0, 0.1) is 0 Å². The summed E-state index contributed by atoms with van der Waals surface area (Å²) in [4.78, 5) is 2.87. The lowest BCUT2D eigenvalue weighted by Crippen LogP contribution is -2.68. The average Bonchev–Trinajstić information content (AvgIpc) is 2.40. The summed E-state index contributed by atoms with van der Waals surface area (Å²) < 4.78 is 0. The molecule has 0 aromatic rings. The fourth-order valence-corrected chi connectivity index (χ4v) is 3.87. The molecule has 106 valence electrons. The minimum atomic E-state index is 0.326. The van der Waals surface area contributed by atoms with Crippen LogP contribution in [0.25, 0.3) is 0 Å². The molecule has 2 aliphatic rings. The van der Waals surface area contributed by atoms with Crippen LogP contribution in [0.1, 0.15) is 72.6 Å². The first-order valence-electron chi connectivity index (χ1n) is 8.05. The van der Waals surface area contributed by atoms with Gasteiger partial charge in [-0.05, 0) is 39.5 Å². The lowest BCUT2D eigenvalue weighted by atomic mass is 9.78. The van der Waals surface area contributed by atoms with E-state index in [1.54, 1.807) is 0 Å². The molecule has 0 bridgehead atoms. The Balaban J connectivity index is 2.14. The number of nitrogens with zero attached hydrogens (tertiary/aromatic N) is 1. The number of nitrogens with one attached hydrogen (secondary N) is 1. The first kappa shape index (κ1) is 14.3. The van der Waals surface area contributed by atoms with Crippen LogP contribution >= 0.6 is 0 Å². The molecular formula is C16H32N2. The molecule has 0 amide bonds. The summed E-state index contributed by atoms with van der Waals surface area (Å²) in [5.41, 5.74) is 0.795. The van der Waals surface area contributed by atoms with E-state index in [0.29, 0.717) is 11.1 Å². The Morgan fingerprint density at radius 2 is 1.78 bits per heavy atom. The summed E-state index contributed by atoms with van der Waals surface area (Å²) in [6, 6.07) is 0.743. The van der Waals surface area contributed by atoms with Crippen LogP contribution in [0.2, 0.25) is 0 Å². The second-order valence-electron chi connectivity index (χ2n) is 7.04. The van der Waals surface area contributed by atoms with E-state index in [4.69, 9.17) is 0 Å². The van der Waals surface area contributed by atoms with E-state index < -0.39 is 0 Å². The zero-order chi connectivity index (χ0) is 13.2. The molecule has 2 unspecified atom stereocenters. The van der Waals surface area contributed by atoms with Gasteiger partial charge in [-0.3, -0.25) is 4.90 Å². The van der Waals surface area contributed by atoms with Gasteiger partial charge in [0.05, 0.1) is 0 Å². The summed E-state index contributed by atoms with van der Waals surface area (Å²) in [6.07, 6.45) is 9.63. The minimum absolute atomic E-state index is 0.326. The lowest BCUT2D eigenvalue weighted by Gasteiger charge is -2.55. The van der Waals surface area contributed by atoms with Gasteiger partial charge < -0.3 is 5.32 Å². The molecule has 0 aromatic carbocycles.